The normalized spacial score (nSPS) is 11.0. The van der Waals surface area contributed by atoms with Crippen LogP contribution >= 0.6 is 0 Å². The van der Waals surface area contributed by atoms with Crippen molar-refractivity contribution in [3.8, 4) is 0 Å². The second-order valence-corrected chi connectivity index (χ2v) is 7.36. The molecule has 0 aliphatic heterocycles. The van der Waals surface area contributed by atoms with E-state index in [0.29, 0.717) is 31.1 Å². The van der Waals surface area contributed by atoms with E-state index < -0.39 is 0 Å². The first-order valence-corrected chi connectivity index (χ1v) is 9.73. The lowest BCUT2D eigenvalue weighted by molar-refractivity contribution is -0.116. The van der Waals surface area contributed by atoms with E-state index in [4.69, 9.17) is 0 Å². The van der Waals surface area contributed by atoms with Crippen molar-refractivity contribution >= 4 is 28.4 Å². The van der Waals surface area contributed by atoms with Crippen LogP contribution in [-0.4, -0.2) is 16.4 Å². The first-order chi connectivity index (χ1) is 13.5. The highest BCUT2D eigenvalue weighted by molar-refractivity contribution is 6.00. The summed E-state index contributed by atoms with van der Waals surface area (Å²) in [7, 11) is 0. The van der Waals surface area contributed by atoms with Crippen LogP contribution in [0.25, 0.3) is 10.9 Å². The van der Waals surface area contributed by atoms with Gasteiger partial charge in [0.1, 0.15) is 5.69 Å². The minimum absolute atomic E-state index is 0.00472. The molecule has 0 atom stereocenters. The average molecular weight is 377 g/mol. The molecule has 2 N–H and O–H groups in total. The van der Waals surface area contributed by atoms with Crippen molar-refractivity contribution in [1.29, 1.82) is 0 Å². The summed E-state index contributed by atoms with van der Waals surface area (Å²) in [5.41, 5.74) is 3.42. The largest absolute Gasteiger partial charge is 0.347 e. The number of aryl methyl sites for hydroxylation is 1. The van der Waals surface area contributed by atoms with Gasteiger partial charge >= 0.3 is 0 Å². The van der Waals surface area contributed by atoms with Gasteiger partial charge < -0.3 is 15.2 Å². The Kier molecular flexibility index (Phi) is 6.14. The van der Waals surface area contributed by atoms with Crippen LogP contribution in [0, 0.1) is 5.92 Å². The fourth-order valence-corrected chi connectivity index (χ4v) is 3.33. The quantitative estimate of drug-likeness (QED) is 0.633. The van der Waals surface area contributed by atoms with Crippen LogP contribution < -0.4 is 10.6 Å². The molecule has 146 valence electrons. The summed E-state index contributed by atoms with van der Waals surface area (Å²) in [5.74, 6) is 0.210. The summed E-state index contributed by atoms with van der Waals surface area (Å²) >= 11 is 0. The van der Waals surface area contributed by atoms with Gasteiger partial charge in [-0.3, -0.25) is 9.59 Å². The number of rotatable bonds is 7. The maximum Gasteiger partial charge on any atom is 0.268 e. The molecule has 0 radical (unpaired) electrons. The molecule has 5 nitrogen and oxygen atoms in total. The van der Waals surface area contributed by atoms with Crippen LogP contribution in [0.4, 0.5) is 5.69 Å². The Morgan fingerprint density at radius 1 is 1.04 bits per heavy atom. The third-order valence-corrected chi connectivity index (χ3v) is 4.62. The molecule has 0 bridgehead atoms. The molecule has 0 saturated carbocycles. The zero-order valence-electron chi connectivity index (χ0n) is 16.7. The van der Waals surface area contributed by atoms with E-state index >= 15 is 0 Å². The highest BCUT2D eigenvalue weighted by atomic mass is 16.2. The Morgan fingerprint density at radius 3 is 2.46 bits per heavy atom. The third-order valence-electron chi connectivity index (χ3n) is 4.62. The Morgan fingerprint density at radius 2 is 1.79 bits per heavy atom. The highest BCUT2D eigenvalue weighted by Gasteiger charge is 2.15. The van der Waals surface area contributed by atoms with Crippen LogP contribution in [0.1, 0.15) is 43.2 Å². The fraction of sp³-hybridized carbons (Fsp3) is 0.304. The minimum Gasteiger partial charge on any atom is -0.347 e. The van der Waals surface area contributed by atoms with E-state index in [0.717, 1.165) is 22.2 Å². The van der Waals surface area contributed by atoms with Crippen molar-refractivity contribution in [2.45, 2.75) is 40.3 Å². The van der Waals surface area contributed by atoms with Gasteiger partial charge in [-0.25, -0.2) is 0 Å². The number of hydrogen-bond donors (Lipinski definition) is 2. The fourth-order valence-electron chi connectivity index (χ4n) is 3.33. The zero-order chi connectivity index (χ0) is 20.1. The number of nitrogens with one attached hydrogen (secondary N) is 2. The molecular weight excluding hydrogens is 350 g/mol. The average Bonchev–Trinajstić information content (AvgIpc) is 3.04. The molecular formula is C23H27N3O2. The number of hydrogen-bond acceptors (Lipinski definition) is 2. The number of amides is 2. The summed E-state index contributed by atoms with van der Waals surface area (Å²) in [5, 5.41) is 6.87. The second-order valence-electron chi connectivity index (χ2n) is 7.36. The lowest BCUT2D eigenvalue weighted by Crippen LogP contribution is -2.25. The molecule has 1 aromatic heterocycles. The van der Waals surface area contributed by atoms with Crippen molar-refractivity contribution in [3.63, 3.8) is 0 Å². The van der Waals surface area contributed by atoms with Crippen molar-refractivity contribution in [1.82, 2.24) is 9.88 Å². The third kappa shape index (κ3) is 4.60. The molecule has 0 aliphatic rings. The summed E-state index contributed by atoms with van der Waals surface area (Å²) in [6.45, 7) is 7.23. The van der Waals surface area contributed by atoms with E-state index in [1.165, 1.54) is 0 Å². The number of benzene rings is 2. The molecule has 3 rings (SSSR count). The lowest BCUT2D eigenvalue weighted by atomic mass is 10.1. The van der Waals surface area contributed by atoms with Crippen molar-refractivity contribution in [2.75, 3.05) is 5.32 Å². The molecule has 0 saturated heterocycles. The smallest absolute Gasteiger partial charge is 0.268 e. The highest BCUT2D eigenvalue weighted by Crippen LogP contribution is 2.24. The molecule has 0 aliphatic carbocycles. The summed E-state index contributed by atoms with van der Waals surface area (Å²) in [6, 6.07) is 17.5. The molecule has 2 amide bonds. The zero-order valence-corrected chi connectivity index (χ0v) is 16.7. The molecule has 0 unspecified atom stereocenters. The van der Waals surface area contributed by atoms with Crippen molar-refractivity contribution in [2.24, 2.45) is 5.92 Å². The van der Waals surface area contributed by atoms with Gasteiger partial charge in [0, 0.05) is 36.1 Å². The van der Waals surface area contributed by atoms with Gasteiger partial charge in [0.15, 0.2) is 0 Å². The summed E-state index contributed by atoms with van der Waals surface area (Å²) in [4.78, 5) is 24.8. The van der Waals surface area contributed by atoms with Crippen LogP contribution in [0.2, 0.25) is 0 Å². The summed E-state index contributed by atoms with van der Waals surface area (Å²) in [6.07, 6.45) is 0.487. The molecule has 3 aromatic rings. The van der Waals surface area contributed by atoms with Crippen LogP contribution in [-0.2, 0) is 17.9 Å². The molecule has 5 heteroatoms. The first-order valence-electron chi connectivity index (χ1n) is 9.73. The van der Waals surface area contributed by atoms with Crippen LogP contribution in [0.3, 0.4) is 0 Å². The maximum atomic E-state index is 12.7. The predicted molar refractivity (Wildman–Crippen MR) is 113 cm³/mol. The van der Waals surface area contributed by atoms with Gasteiger partial charge in [-0.15, -0.1) is 0 Å². The van der Waals surface area contributed by atoms with Gasteiger partial charge in [0.25, 0.3) is 5.91 Å². The minimum atomic E-state index is -0.104. The molecule has 1 heterocycles. The maximum absolute atomic E-state index is 12.7. The number of carbonyl (C=O) groups excluding carboxylic acids is 2. The van der Waals surface area contributed by atoms with E-state index in [9.17, 15) is 9.59 Å². The molecule has 0 fully saturated rings. The van der Waals surface area contributed by atoms with Crippen molar-refractivity contribution in [3.05, 3.63) is 65.9 Å². The number of fused-ring (bicyclic) bond motifs is 1. The molecule has 2 aromatic carbocycles. The van der Waals surface area contributed by atoms with E-state index in [-0.39, 0.29) is 11.8 Å². The second kappa shape index (κ2) is 8.74. The number of carbonyl (C=O) groups is 2. The Bertz CT molecular complexity index is 974. The van der Waals surface area contributed by atoms with Gasteiger partial charge in [-0.2, -0.15) is 0 Å². The van der Waals surface area contributed by atoms with Gasteiger partial charge in [-0.05, 0) is 42.7 Å². The van der Waals surface area contributed by atoms with Crippen molar-refractivity contribution < 1.29 is 9.59 Å². The Labute approximate surface area is 165 Å². The van der Waals surface area contributed by atoms with E-state index in [1.54, 1.807) is 0 Å². The number of aromatic nitrogens is 1. The Hall–Kier alpha value is -3.08. The number of anilines is 1. The van der Waals surface area contributed by atoms with E-state index in [2.05, 4.69) is 10.6 Å². The van der Waals surface area contributed by atoms with Gasteiger partial charge in [-0.1, -0.05) is 44.2 Å². The summed E-state index contributed by atoms with van der Waals surface area (Å²) < 4.78 is 2.00. The standard InChI is InChI=1S/C23H27N3O2/c1-4-26-20-11-10-19(25-22(27)12-16(2)3)13-18(20)14-21(26)23(28)24-15-17-8-6-5-7-9-17/h5-11,13-14,16H,4,12,15H2,1-3H3,(H,24,28)(H,25,27). The topological polar surface area (TPSA) is 63.1 Å². The van der Waals surface area contributed by atoms with E-state index in [1.807, 2.05) is 79.9 Å². The first kappa shape index (κ1) is 19.7. The SMILES string of the molecule is CCn1c(C(=O)NCc2ccccc2)cc2cc(NC(=O)CC(C)C)ccc21. The number of nitrogens with zero attached hydrogens (tertiary/aromatic N) is 1. The monoisotopic (exact) mass is 377 g/mol. The Balaban J connectivity index is 1.80. The van der Waals surface area contributed by atoms with Crippen LogP contribution in [0.15, 0.2) is 54.6 Å². The van der Waals surface area contributed by atoms with Gasteiger partial charge in [0.2, 0.25) is 5.91 Å². The lowest BCUT2D eigenvalue weighted by Gasteiger charge is -2.10. The van der Waals surface area contributed by atoms with Crippen LogP contribution in [0.5, 0.6) is 0 Å². The molecule has 0 spiro atoms. The van der Waals surface area contributed by atoms with Gasteiger partial charge in [0.05, 0.1) is 0 Å². The predicted octanol–water partition coefficient (Wildman–Crippen LogP) is 4.58. The molecule has 28 heavy (non-hydrogen) atoms.